The van der Waals surface area contributed by atoms with Crippen molar-refractivity contribution >= 4 is 38.4 Å². The van der Waals surface area contributed by atoms with Crippen LogP contribution in [-0.4, -0.2) is 9.97 Å². The van der Waals surface area contributed by atoms with E-state index >= 15 is 0 Å². The maximum atomic E-state index is 13.7. The summed E-state index contributed by atoms with van der Waals surface area (Å²) in [5.74, 6) is 0.150. The average Bonchev–Trinajstić information content (AvgIpc) is 2.43. The zero-order valence-electron chi connectivity index (χ0n) is 11.4. The Morgan fingerprint density at radius 3 is 2.52 bits per heavy atom. The molecule has 0 fully saturated rings. The summed E-state index contributed by atoms with van der Waals surface area (Å²) in [6, 6.07) is 8.78. The molecule has 0 aliphatic heterocycles. The van der Waals surface area contributed by atoms with Gasteiger partial charge in [-0.2, -0.15) is 0 Å². The third kappa shape index (κ3) is 2.65. The van der Waals surface area contributed by atoms with E-state index in [0.717, 1.165) is 20.9 Å². The summed E-state index contributed by atoms with van der Waals surface area (Å²) in [5.41, 5.74) is 2.96. The quantitative estimate of drug-likeness (QED) is 0.534. The summed E-state index contributed by atoms with van der Waals surface area (Å²) < 4.78 is 14.6. The fourth-order valence-corrected chi connectivity index (χ4v) is 2.98. The molecule has 1 heterocycles. The first-order chi connectivity index (χ1) is 9.95. The van der Waals surface area contributed by atoms with Gasteiger partial charge in [-0.3, -0.25) is 0 Å². The van der Waals surface area contributed by atoms with Crippen molar-refractivity contribution in [3.63, 3.8) is 0 Å². The van der Waals surface area contributed by atoms with E-state index in [1.54, 1.807) is 19.1 Å². The van der Waals surface area contributed by atoms with Gasteiger partial charge in [0.05, 0.1) is 5.52 Å². The lowest BCUT2D eigenvalue weighted by Crippen LogP contribution is -1.95. The number of aromatic nitrogens is 2. The van der Waals surface area contributed by atoms with Gasteiger partial charge in [0.1, 0.15) is 11.0 Å². The zero-order chi connectivity index (χ0) is 15.1. The van der Waals surface area contributed by atoms with Gasteiger partial charge in [-0.1, -0.05) is 39.7 Å². The normalized spacial score (nSPS) is 11.1. The molecule has 0 saturated heterocycles. The molecule has 0 bridgehead atoms. The smallest absolute Gasteiger partial charge is 0.161 e. The predicted octanol–water partition coefficient (Wildman–Crippen LogP) is 5.47. The first kappa shape index (κ1) is 14.4. The minimum absolute atomic E-state index is 0.278. The standard InChI is InChI=1S/C16H11BrClFN2/c1-8-3-4-10(6-13(8)19)16-20-14-9(2)5-11(17)7-12(14)15(18)21-16/h3-7H,1-2H3. The van der Waals surface area contributed by atoms with Crippen molar-refractivity contribution in [2.24, 2.45) is 0 Å². The van der Waals surface area contributed by atoms with Crippen molar-refractivity contribution in [3.8, 4) is 11.4 Å². The van der Waals surface area contributed by atoms with Crippen LogP contribution in [0, 0.1) is 19.7 Å². The Bertz CT molecular complexity index is 865. The number of halogens is 3. The molecular formula is C16H11BrClFN2. The van der Waals surface area contributed by atoms with Crippen LogP contribution < -0.4 is 0 Å². The van der Waals surface area contributed by atoms with Crippen molar-refractivity contribution in [2.45, 2.75) is 13.8 Å². The summed E-state index contributed by atoms with van der Waals surface area (Å²) in [5, 5.41) is 1.14. The zero-order valence-corrected chi connectivity index (χ0v) is 13.8. The van der Waals surface area contributed by atoms with E-state index in [0.29, 0.717) is 22.1 Å². The molecule has 0 N–H and O–H groups in total. The molecule has 3 rings (SSSR count). The molecular weight excluding hydrogens is 355 g/mol. The van der Waals surface area contributed by atoms with Gasteiger partial charge in [0.15, 0.2) is 5.82 Å². The predicted molar refractivity (Wildman–Crippen MR) is 87.1 cm³/mol. The third-order valence-corrected chi connectivity index (χ3v) is 4.09. The van der Waals surface area contributed by atoms with Gasteiger partial charge < -0.3 is 0 Å². The number of rotatable bonds is 1. The van der Waals surface area contributed by atoms with Crippen LogP contribution in [0.25, 0.3) is 22.3 Å². The number of benzene rings is 2. The third-order valence-electron chi connectivity index (χ3n) is 3.34. The van der Waals surface area contributed by atoms with Gasteiger partial charge in [-0.05, 0) is 43.2 Å². The highest BCUT2D eigenvalue weighted by Crippen LogP contribution is 2.30. The maximum absolute atomic E-state index is 13.7. The van der Waals surface area contributed by atoms with Crippen molar-refractivity contribution < 1.29 is 4.39 Å². The topological polar surface area (TPSA) is 25.8 Å². The maximum Gasteiger partial charge on any atom is 0.161 e. The van der Waals surface area contributed by atoms with Gasteiger partial charge in [0.25, 0.3) is 0 Å². The van der Waals surface area contributed by atoms with Gasteiger partial charge in [-0.25, -0.2) is 14.4 Å². The molecule has 3 aromatic rings. The summed E-state index contributed by atoms with van der Waals surface area (Å²) in [4.78, 5) is 8.83. The first-order valence-electron chi connectivity index (χ1n) is 6.35. The lowest BCUT2D eigenvalue weighted by Gasteiger charge is -2.08. The number of nitrogens with zero attached hydrogens (tertiary/aromatic N) is 2. The van der Waals surface area contributed by atoms with Crippen molar-refractivity contribution in [3.05, 3.63) is 56.9 Å². The number of hydrogen-bond donors (Lipinski definition) is 0. The molecule has 0 spiro atoms. The molecule has 1 aromatic heterocycles. The first-order valence-corrected chi connectivity index (χ1v) is 7.53. The van der Waals surface area contributed by atoms with Gasteiger partial charge in [0.2, 0.25) is 0 Å². The van der Waals surface area contributed by atoms with Crippen molar-refractivity contribution in [1.82, 2.24) is 9.97 Å². The summed E-state index contributed by atoms with van der Waals surface area (Å²) in [6.45, 7) is 3.67. The van der Waals surface area contributed by atoms with Crippen LogP contribution in [0.15, 0.2) is 34.8 Å². The van der Waals surface area contributed by atoms with Gasteiger partial charge >= 0.3 is 0 Å². The molecule has 0 aliphatic carbocycles. The average molecular weight is 366 g/mol. The largest absolute Gasteiger partial charge is 0.228 e. The molecule has 0 atom stereocenters. The minimum Gasteiger partial charge on any atom is -0.228 e. The Kier molecular flexibility index (Phi) is 3.68. The number of fused-ring (bicyclic) bond motifs is 1. The molecule has 0 unspecified atom stereocenters. The fraction of sp³-hybridized carbons (Fsp3) is 0.125. The van der Waals surface area contributed by atoms with E-state index < -0.39 is 0 Å². The van der Waals surface area contributed by atoms with Crippen molar-refractivity contribution in [2.75, 3.05) is 0 Å². The fourth-order valence-electron chi connectivity index (χ4n) is 2.19. The molecule has 106 valence electrons. The molecule has 2 aromatic carbocycles. The molecule has 21 heavy (non-hydrogen) atoms. The van der Waals surface area contributed by atoms with Crippen LogP contribution >= 0.6 is 27.5 Å². The highest BCUT2D eigenvalue weighted by molar-refractivity contribution is 9.10. The monoisotopic (exact) mass is 364 g/mol. The van der Waals surface area contributed by atoms with Crippen LogP contribution in [0.1, 0.15) is 11.1 Å². The second kappa shape index (κ2) is 5.35. The summed E-state index contributed by atoms with van der Waals surface area (Å²) in [7, 11) is 0. The van der Waals surface area contributed by atoms with E-state index in [9.17, 15) is 4.39 Å². The van der Waals surface area contributed by atoms with Crippen LogP contribution in [0.3, 0.4) is 0 Å². The van der Waals surface area contributed by atoms with E-state index in [-0.39, 0.29) is 5.82 Å². The molecule has 2 nitrogen and oxygen atoms in total. The molecule has 0 saturated carbocycles. The van der Waals surface area contributed by atoms with E-state index in [4.69, 9.17) is 11.6 Å². The lowest BCUT2D eigenvalue weighted by atomic mass is 10.1. The molecule has 5 heteroatoms. The van der Waals surface area contributed by atoms with Crippen LogP contribution in [0.2, 0.25) is 5.15 Å². The molecule has 0 radical (unpaired) electrons. The van der Waals surface area contributed by atoms with Crippen LogP contribution in [-0.2, 0) is 0 Å². The van der Waals surface area contributed by atoms with Crippen LogP contribution in [0.5, 0.6) is 0 Å². The lowest BCUT2D eigenvalue weighted by molar-refractivity contribution is 0.619. The second-order valence-electron chi connectivity index (χ2n) is 4.92. The Labute approximate surface area is 135 Å². The van der Waals surface area contributed by atoms with Crippen molar-refractivity contribution in [1.29, 1.82) is 0 Å². The molecule has 0 aliphatic rings. The highest BCUT2D eigenvalue weighted by Gasteiger charge is 2.11. The van der Waals surface area contributed by atoms with E-state index in [1.165, 1.54) is 6.07 Å². The Morgan fingerprint density at radius 2 is 1.81 bits per heavy atom. The van der Waals surface area contributed by atoms with Gasteiger partial charge in [0, 0.05) is 15.4 Å². The highest BCUT2D eigenvalue weighted by atomic mass is 79.9. The Balaban J connectivity index is 2.27. The van der Waals surface area contributed by atoms with E-state index in [1.807, 2.05) is 19.1 Å². The summed E-state index contributed by atoms with van der Waals surface area (Å²) in [6.07, 6.45) is 0. The number of aryl methyl sites for hydroxylation is 2. The summed E-state index contributed by atoms with van der Waals surface area (Å²) >= 11 is 9.70. The van der Waals surface area contributed by atoms with Crippen LogP contribution in [0.4, 0.5) is 4.39 Å². The Hall–Kier alpha value is -1.52. The van der Waals surface area contributed by atoms with Gasteiger partial charge in [-0.15, -0.1) is 0 Å². The minimum atomic E-state index is -0.278. The van der Waals surface area contributed by atoms with E-state index in [2.05, 4.69) is 25.9 Å². The second-order valence-corrected chi connectivity index (χ2v) is 6.19. The Morgan fingerprint density at radius 1 is 1.05 bits per heavy atom. The SMILES string of the molecule is Cc1ccc(-c2nc(Cl)c3cc(Br)cc(C)c3n2)cc1F. The molecule has 0 amide bonds. The number of hydrogen-bond acceptors (Lipinski definition) is 2.